The van der Waals surface area contributed by atoms with Crippen molar-refractivity contribution in [2.75, 3.05) is 9.80 Å². The maximum Gasteiger partial charge on any atom is 0.0540 e. The van der Waals surface area contributed by atoms with E-state index in [-0.39, 0.29) is 5.41 Å². The Morgan fingerprint density at radius 2 is 0.860 bits per heavy atom. The summed E-state index contributed by atoms with van der Waals surface area (Å²) in [4.78, 5) is 4.73. The fraction of sp³-hybridized carbons (Fsp3) is 0.0545. The van der Waals surface area contributed by atoms with Crippen LogP contribution in [0.15, 0.2) is 206 Å². The summed E-state index contributed by atoms with van der Waals surface area (Å²) in [6, 6.07) is 74.7. The molecule has 9 aromatic carbocycles. The van der Waals surface area contributed by atoms with Crippen molar-refractivity contribution >= 4 is 67.8 Å². The van der Waals surface area contributed by atoms with Crippen molar-refractivity contribution in [1.82, 2.24) is 0 Å². The van der Waals surface area contributed by atoms with E-state index in [1.165, 1.54) is 55.0 Å². The third kappa shape index (κ3) is 6.26. The monoisotopic (exact) mass is 730 g/mol. The van der Waals surface area contributed by atoms with E-state index in [1.54, 1.807) is 0 Å². The van der Waals surface area contributed by atoms with Gasteiger partial charge in [0.2, 0.25) is 0 Å². The molecule has 2 nitrogen and oxygen atoms in total. The molecule has 0 heterocycles. The van der Waals surface area contributed by atoms with Crippen molar-refractivity contribution in [3.8, 4) is 11.1 Å². The van der Waals surface area contributed by atoms with Gasteiger partial charge in [-0.25, -0.2) is 0 Å². The molecule has 1 aliphatic rings. The Morgan fingerprint density at radius 1 is 0.351 bits per heavy atom. The number of rotatable bonds is 8. The van der Waals surface area contributed by atoms with Gasteiger partial charge in [-0.05, 0) is 116 Å². The summed E-state index contributed by atoms with van der Waals surface area (Å²) < 4.78 is 0. The first-order valence-electron chi connectivity index (χ1n) is 19.8. The summed E-state index contributed by atoms with van der Waals surface area (Å²) >= 11 is 0. The number of anilines is 6. The van der Waals surface area contributed by atoms with Gasteiger partial charge in [0.25, 0.3) is 0 Å². The number of para-hydroxylation sites is 2. The van der Waals surface area contributed by atoms with Crippen molar-refractivity contribution in [1.29, 1.82) is 0 Å². The van der Waals surface area contributed by atoms with Crippen LogP contribution in [0.2, 0.25) is 0 Å². The van der Waals surface area contributed by atoms with Crippen LogP contribution in [-0.2, 0) is 5.41 Å². The highest BCUT2D eigenvalue weighted by molar-refractivity contribution is 6.00. The molecule has 0 bridgehead atoms. The zero-order chi connectivity index (χ0) is 38.3. The molecule has 0 amide bonds. The quantitative estimate of drug-likeness (QED) is 0.144. The summed E-state index contributed by atoms with van der Waals surface area (Å²) in [5.74, 6) is 0. The molecule has 1 aliphatic carbocycles. The van der Waals surface area contributed by atoms with E-state index in [1.807, 2.05) is 0 Å². The van der Waals surface area contributed by atoms with Gasteiger partial charge in [0.15, 0.2) is 0 Å². The molecule has 0 N–H and O–H groups in total. The highest BCUT2D eigenvalue weighted by Gasteiger charge is 2.36. The number of benzene rings is 9. The van der Waals surface area contributed by atoms with Gasteiger partial charge < -0.3 is 9.80 Å². The number of fused-ring (bicyclic) bond motifs is 5. The summed E-state index contributed by atoms with van der Waals surface area (Å²) in [5, 5.41) is 4.93. The number of hydrogen-bond donors (Lipinski definition) is 0. The van der Waals surface area contributed by atoms with Crippen LogP contribution in [0.1, 0.15) is 36.1 Å². The highest BCUT2D eigenvalue weighted by atomic mass is 15.1. The van der Waals surface area contributed by atoms with Crippen molar-refractivity contribution in [2.24, 2.45) is 0 Å². The molecule has 10 rings (SSSR count). The van der Waals surface area contributed by atoms with Gasteiger partial charge in [0, 0.05) is 39.2 Å². The van der Waals surface area contributed by atoms with Crippen molar-refractivity contribution in [3.05, 3.63) is 229 Å². The molecule has 0 aromatic heterocycles. The van der Waals surface area contributed by atoms with Gasteiger partial charge in [0.1, 0.15) is 0 Å². The lowest BCUT2D eigenvalue weighted by Gasteiger charge is -2.29. The van der Waals surface area contributed by atoms with Crippen molar-refractivity contribution in [3.63, 3.8) is 0 Å². The van der Waals surface area contributed by atoms with Gasteiger partial charge in [0.05, 0.1) is 5.69 Å². The van der Waals surface area contributed by atoms with E-state index in [0.717, 1.165) is 34.0 Å². The first-order chi connectivity index (χ1) is 28.0. The Bertz CT molecular complexity index is 2880. The molecule has 0 saturated carbocycles. The molecule has 0 unspecified atom stereocenters. The fourth-order valence-electron chi connectivity index (χ4n) is 8.66. The Kier molecular flexibility index (Phi) is 8.53. The molecule has 0 fully saturated rings. The van der Waals surface area contributed by atoms with Crippen LogP contribution < -0.4 is 9.80 Å². The van der Waals surface area contributed by atoms with E-state index in [4.69, 9.17) is 0 Å². The van der Waals surface area contributed by atoms with Crippen LogP contribution in [0.25, 0.3) is 44.8 Å². The van der Waals surface area contributed by atoms with Gasteiger partial charge in [-0.15, -0.1) is 0 Å². The molecule has 2 heteroatoms. The lowest BCUT2D eigenvalue weighted by atomic mass is 9.81. The number of nitrogens with zero attached hydrogens (tertiary/aromatic N) is 2. The minimum Gasteiger partial charge on any atom is -0.311 e. The first kappa shape index (κ1) is 34.3. The lowest BCUT2D eigenvalue weighted by molar-refractivity contribution is 0.660. The Morgan fingerprint density at radius 3 is 1.60 bits per heavy atom. The van der Waals surface area contributed by atoms with E-state index in [2.05, 4.69) is 242 Å². The fourth-order valence-corrected chi connectivity index (χ4v) is 8.66. The van der Waals surface area contributed by atoms with Crippen molar-refractivity contribution in [2.45, 2.75) is 19.3 Å². The second-order valence-electron chi connectivity index (χ2n) is 15.5. The predicted molar refractivity (Wildman–Crippen MR) is 244 cm³/mol. The van der Waals surface area contributed by atoms with Crippen LogP contribution in [0.3, 0.4) is 0 Å². The minimum atomic E-state index is -0.182. The molecule has 0 radical (unpaired) electrons. The molecule has 9 aromatic rings. The smallest absolute Gasteiger partial charge is 0.0540 e. The van der Waals surface area contributed by atoms with E-state index >= 15 is 0 Å². The maximum absolute atomic E-state index is 2.44. The first-order valence-corrected chi connectivity index (χ1v) is 19.8. The maximum atomic E-state index is 2.44. The Hall–Kier alpha value is -7.16. The molecule has 0 atom stereocenters. The van der Waals surface area contributed by atoms with Gasteiger partial charge in [-0.1, -0.05) is 166 Å². The Balaban J connectivity index is 0.977. The summed E-state index contributed by atoms with van der Waals surface area (Å²) in [6.45, 7) is 4.74. The number of hydrogen-bond acceptors (Lipinski definition) is 2. The van der Waals surface area contributed by atoms with Crippen LogP contribution >= 0.6 is 0 Å². The molecule has 57 heavy (non-hydrogen) atoms. The molecule has 0 aliphatic heterocycles. The van der Waals surface area contributed by atoms with E-state index < -0.39 is 0 Å². The van der Waals surface area contributed by atoms with E-state index in [9.17, 15) is 0 Å². The SMILES string of the molecule is CC1(C)c2cc(C=Cc3ccc(N(c4ccccc4)c4ccccc4)cc3)ccc2-c2ccc(N(c3ccc4ccccc4c3)c3cccc4ccccc34)cc21. The normalized spacial score (nSPS) is 12.8. The van der Waals surface area contributed by atoms with Crippen LogP contribution in [0, 0.1) is 0 Å². The van der Waals surface area contributed by atoms with Crippen LogP contribution in [0.4, 0.5) is 34.1 Å². The van der Waals surface area contributed by atoms with Crippen LogP contribution in [-0.4, -0.2) is 0 Å². The molecule has 0 spiro atoms. The Labute approximate surface area is 335 Å². The van der Waals surface area contributed by atoms with Crippen molar-refractivity contribution < 1.29 is 0 Å². The van der Waals surface area contributed by atoms with Crippen LogP contribution in [0.5, 0.6) is 0 Å². The summed E-state index contributed by atoms with van der Waals surface area (Å²) in [6.07, 6.45) is 4.47. The molecule has 272 valence electrons. The average molecular weight is 731 g/mol. The summed E-state index contributed by atoms with van der Waals surface area (Å²) in [5.41, 5.74) is 14.4. The molecular formula is C55H42N2. The zero-order valence-electron chi connectivity index (χ0n) is 32.2. The minimum absolute atomic E-state index is 0.182. The largest absolute Gasteiger partial charge is 0.311 e. The third-order valence-corrected chi connectivity index (χ3v) is 11.6. The van der Waals surface area contributed by atoms with Gasteiger partial charge in [-0.2, -0.15) is 0 Å². The highest BCUT2D eigenvalue weighted by Crippen LogP contribution is 2.51. The standard InChI is InChI=1S/C55H42N2/c1-55(2)52-36-40(25-24-39-26-30-46(31-27-39)56(44-18-5-3-6-19-44)45-20-7-4-8-21-45)28-34-50(52)51-35-33-48(38-53(51)55)57(47-32-29-41-14-9-10-16-43(41)37-47)54-23-13-17-42-15-11-12-22-49(42)54/h3-38H,1-2H3. The zero-order valence-corrected chi connectivity index (χ0v) is 32.2. The summed E-state index contributed by atoms with van der Waals surface area (Å²) in [7, 11) is 0. The second kappa shape index (κ2) is 14.2. The topological polar surface area (TPSA) is 6.48 Å². The molecule has 0 saturated heterocycles. The van der Waals surface area contributed by atoms with Gasteiger partial charge >= 0.3 is 0 Å². The van der Waals surface area contributed by atoms with Gasteiger partial charge in [-0.3, -0.25) is 0 Å². The second-order valence-corrected chi connectivity index (χ2v) is 15.5. The predicted octanol–water partition coefficient (Wildman–Crippen LogP) is 15.4. The van der Waals surface area contributed by atoms with E-state index in [0.29, 0.717) is 0 Å². The lowest BCUT2D eigenvalue weighted by Crippen LogP contribution is -2.17. The third-order valence-electron chi connectivity index (χ3n) is 11.6. The average Bonchev–Trinajstić information content (AvgIpc) is 3.49. The molecular weight excluding hydrogens is 689 g/mol.